The van der Waals surface area contributed by atoms with Gasteiger partial charge in [-0.15, -0.1) is 0 Å². The van der Waals surface area contributed by atoms with Gasteiger partial charge in [0.2, 0.25) is 0 Å². The van der Waals surface area contributed by atoms with Gasteiger partial charge in [-0.25, -0.2) is 21.6 Å². The molecule has 0 amide bonds. The number of ether oxygens (including phenoxy) is 1. The van der Waals surface area contributed by atoms with Gasteiger partial charge in [-0.3, -0.25) is 0 Å². The van der Waals surface area contributed by atoms with E-state index < -0.39 is 53.8 Å². The first-order valence-corrected chi connectivity index (χ1v) is 10.5. The summed E-state index contributed by atoms with van der Waals surface area (Å²) in [7, 11) is -13.7. The normalized spacial score (nSPS) is 14.5. The summed E-state index contributed by atoms with van der Waals surface area (Å²) in [4.78, 5) is 11.7. The molecule has 1 atom stereocenters. The number of hydrogen-bond acceptors (Lipinski definition) is 6. The first kappa shape index (κ1) is 24.9. The Labute approximate surface area is 162 Å². The number of benzene rings is 1. The molecule has 164 valence electrons. The third-order valence-corrected chi connectivity index (χ3v) is 8.09. The SMILES string of the molecule is C=C(C)C(=O)OC(CC(S(=O)(=O)C(F)(F)F)S(=O)(=O)C(F)(F)F)c1ccccc1. The van der Waals surface area contributed by atoms with Crippen molar-refractivity contribution in [1.82, 2.24) is 0 Å². The summed E-state index contributed by atoms with van der Waals surface area (Å²) >= 11 is 0. The van der Waals surface area contributed by atoms with Gasteiger partial charge in [0, 0.05) is 12.0 Å². The molecule has 0 aliphatic heterocycles. The van der Waals surface area contributed by atoms with Crippen molar-refractivity contribution in [3.05, 3.63) is 48.0 Å². The molecule has 0 spiro atoms. The van der Waals surface area contributed by atoms with Crippen molar-refractivity contribution >= 4 is 25.6 Å². The summed E-state index contributed by atoms with van der Waals surface area (Å²) in [5.41, 5.74) is -13.1. The summed E-state index contributed by atoms with van der Waals surface area (Å²) in [5.74, 6) is -1.27. The average molecular weight is 468 g/mol. The summed E-state index contributed by atoms with van der Waals surface area (Å²) in [5, 5.41) is 0. The molecule has 0 aliphatic carbocycles. The van der Waals surface area contributed by atoms with Crippen LogP contribution in [0.1, 0.15) is 25.0 Å². The number of rotatable bonds is 7. The minimum Gasteiger partial charge on any atom is -0.454 e. The second kappa shape index (κ2) is 8.34. The van der Waals surface area contributed by atoms with E-state index in [4.69, 9.17) is 4.74 Å². The van der Waals surface area contributed by atoms with E-state index in [1.807, 2.05) is 0 Å². The Bertz CT molecular complexity index is 921. The minimum absolute atomic E-state index is 0.221. The number of esters is 1. The quantitative estimate of drug-likeness (QED) is 0.346. The number of halogens is 6. The summed E-state index contributed by atoms with van der Waals surface area (Å²) in [6.45, 7) is 4.30. The Hall–Kier alpha value is -2.09. The Morgan fingerprint density at radius 3 is 1.72 bits per heavy atom. The predicted octanol–water partition coefficient (Wildman–Crippen LogP) is 3.43. The lowest BCUT2D eigenvalue weighted by Gasteiger charge is -2.25. The summed E-state index contributed by atoms with van der Waals surface area (Å²) < 4.78 is 125. The van der Waals surface area contributed by atoms with Crippen molar-refractivity contribution in [2.75, 3.05) is 0 Å². The van der Waals surface area contributed by atoms with E-state index >= 15 is 0 Å². The van der Waals surface area contributed by atoms with Crippen molar-refractivity contribution in [2.45, 2.75) is 35.0 Å². The molecule has 1 aromatic rings. The minimum atomic E-state index is -6.86. The van der Waals surface area contributed by atoms with Crippen LogP contribution >= 0.6 is 0 Å². The molecule has 0 N–H and O–H groups in total. The molecule has 29 heavy (non-hydrogen) atoms. The van der Waals surface area contributed by atoms with Crippen LogP contribution in [0.4, 0.5) is 26.3 Å². The average Bonchev–Trinajstić information content (AvgIpc) is 2.56. The molecule has 0 saturated heterocycles. The zero-order chi connectivity index (χ0) is 22.8. The molecular formula is C15H14F6O6S2. The van der Waals surface area contributed by atoms with E-state index in [0.717, 1.165) is 19.1 Å². The third-order valence-electron chi connectivity index (χ3n) is 3.51. The highest BCUT2D eigenvalue weighted by Gasteiger charge is 2.63. The van der Waals surface area contributed by atoms with Gasteiger partial charge in [0.25, 0.3) is 19.7 Å². The van der Waals surface area contributed by atoms with Crippen LogP contribution in [0.2, 0.25) is 0 Å². The standard InChI is InChI=1S/C15H14F6O6S2/c1-9(2)13(22)27-11(10-6-4-3-5-7-10)8-12(28(23,24)14(16,17)18)29(25,26)15(19,20)21/h3-7,11-12H,1,8H2,2H3. The molecule has 1 rings (SSSR count). The second-order valence-corrected chi connectivity index (χ2v) is 10.3. The lowest BCUT2D eigenvalue weighted by Crippen LogP contribution is -2.45. The maximum Gasteiger partial charge on any atom is 0.498 e. The van der Waals surface area contributed by atoms with Gasteiger partial charge in [-0.05, 0) is 12.5 Å². The van der Waals surface area contributed by atoms with Gasteiger partial charge in [0.05, 0.1) is 0 Å². The van der Waals surface area contributed by atoms with Crippen LogP contribution in [0, 0.1) is 0 Å². The number of carbonyl (C=O) groups is 1. The highest BCUT2D eigenvalue weighted by molar-refractivity contribution is 8.09. The van der Waals surface area contributed by atoms with Crippen LogP contribution in [0.25, 0.3) is 0 Å². The zero-order valence-electron chi connectivity index (χ0n) is 14.5. The number of hydrogen-bond donors (Lipinski definition) is 0. The van der Waals surface area contributed by atoms with Crippen LogP contribution in [-0.2, 0) is 29.2 Å². The molecular weight excluding hydrogens is 454 g/mol. The predicted molar refractivity (Wildman–Crippen MR) is 88.4 cm³/mol. The third kappa shape index (κ3) is 5.50. The molecule has 6 nitrogen and oxygen atoms in total. The largest absolute Gasteiger partial charge is 0.498 e. The van der Waals surface area contributed by atoms with Crippen LogP contribution in [0.3, 0.4) is 0 Å². The number of alkyl halides is 6. The van der Waals surface area contributed by atoms with Crippen molar-refractivity contribution in [2.24, 2.45) is 0 Å². The molecule has 0 aromatic heterocycles. The van der Waals surface area contributed by atoms with Gasteiger partial charge in [-0.2, -0.15) is 26.3 Å². The van der Waals surface area contributed by atoms with Crippen molar-refractivity contribution in [3.63, 3.8) is 0 Å². The molecule has 14 heteroatoms. The van der Waals surface area contributed by atoms with Crippen LogP contribution in [0.15, 0.2) is 42.5 Å². The Balaban J connectivity index is 3.62. The van der Waals surface area contributed by atoms with Gasteiger partial charge in [0.15, 0.2) is 4.58 Å². The molecule has 0 bridgehead atoms. The molecule has 0 heterocycles. The molecule has 0 saturated carbocycles. The van der Waals surface area contributed by atoms with Crippen LogP contribution < -0.4 is 0 Å². The molecule has 0 aliphatic rings. The first-order valence-electron chi connectivity index (χ1n) is 7.44. The smallest absolute Gasteiger partial charge is 0.454 e. The van der Waals surface area contributed by atoms with E-state index in [9.17, 15) is 48.0 Å². The topological polar surface area (TPSA) is 94.6 Å². The van der Waals surface area contributed by atoms with Crippen molar-refractivity contribution in [1.29, 1.82) is 0 Å². The maximum absolute atomic E-state index is 12.9. The maximum atomic E-state index is 12.9. The summed E-state index contributed by atoms with van der Waals surface area (Å²) in [6, 6.07) is 6.14. The van der Waals surface area contributed by atoms with Gasteiger partial charge in [0.1, 0.15) is 6.10 Å². The Kier molecular flexibility index (Phi) is 7.17. The van der Waals surface area contributed by atoms with E-state index in [0.29, 0.717) is 0 Å². The zero-order valence-corrected chi connectivity index (χ0v) is 16.1. The van der Waals surface area contributed by atoms with Crippen LogP contribution in [-0.4, -0.2) is 38.4 Å². The molecule has 0 radical (unpaired) electrons. The first-order chi connectivity index (χ1) is 12.9. The summed E-state index contributed by atoms with van der Waals surface area (Å²) in [6.07, 6.45) is -3.90. The van der Waals surface area contributed by atoms with Gasteiger partial charge >= 0.3 is 17.0 Å². The Morgan fingerprint density at radius 2 is 1.38 bits per heavy atom. The highest BCUT2D eigenvalue weighted by atomic mass is 32.3. The van der Waals surface area contributed by atoms with Gasteiger partial charge < -0.3 is 4.74 Å². The number of carbonyl (C=O) groups excluding carboxylic acids is 1. The number of sulfone groups is 2. The van der Waals surface area contributed by atoms with Gasteiger partial charge in [-0.1, -0.05) is 36.9 Å². The highest BCUT2D eigenvalue weighted by Crippen LogP contribution is 2.40. The lowest BCUT2D eigenvalue weighted by molar-refractivity contribution is -0.144. The molecule has 1 aromatic carbocycles. The van der Waals surface area contributed by atoms with Crippen molar-refractivity contribution < 1.29 is 52.7 Å². The fourth-order valence-electron chi connectivity index (χ4n) is 2.04. The lowest BCUT2D eigenvalue weighted by atomic mass is 10.1. The monoisotopic (exact) mass is 468 g/mol. The second-order valence-electron chi connectivity index (χ2n) is 5.73. The van der Waals surface area contributed by atoms with Crippen molar-refractivity contribution in [3.8, 4) is 0 Å². The van der Waals surface area contributed by atoms with E-state index in [2.05, 4.69) is 6.58 Å². The molecule has 0 fully saturated rings. The fourth-order valence-corrected chi connectivity index (χ4v) is 5.48. The van der Waals surface area contributed by atoms with Crippen LogP contribution in [0.5, 0.6) is 0 Å². The fraction of sp³-hybridized carbons (Fsp3) is 0.400. The van der Waals surface area contributed by atoms with E-state index in [-0.39, 0.29) is 11.1 Å². The van der Waals surface area contributed by atoms with E-state index in [1.165, 1.54) is 18.2 Å². The molecule has 1 unspecified atom stereocenters. The Morgan fingerprint density at radius 1 is 0.966 bits per heavy atom. The van der Waals surface area contributed by atoms with E-state index in [1.54, 1.807) is 0 Å².